The van der Waals surface area contributed by atoms with Crippen molar-refractivity contribution >= 4 is 40.0 Å². The van der Waals surface area contributed by atoms with Gasteiger partial charge in [-0.3, -0.25) is 4.79 Å². The Morgan fingerprint density at radius 1 is 0.978 bits per heavy atom. The highest BCUT2D eigenvalue weighted by atomic mass is 35.5. The highest BCUT2D eigenvalue weighted by molar-refractivity contribution is 6.32. The summed E-state index contributed by atoms with van der Waals surface area (Å²) in [5, 5.41) is 14.4. The molecule has 0 aliphatic heterocycles. The molecule has 0 aliphatic rings. The highest BCUT2D eigenvalue weighted by Crippen LogP contribution is 2.36. The zero-order chi connectivity index (χ0) is 32.6. The van der Waals surface area contributed by atoms with Crippen molar-refractivity contribution in [2.24, 2.45) is 0 Å². The van der Waals surface area contributed by atoms with Crippen molar-refractivity contribution in [3.63, 3.8) is 0 Å². The van der Waals surface area contributed by atoms with Gasteiger partial charge in [-0.25, -0.2) is 23.1 Å². The smallest absolute Gasteiger partial charge is 0.251 e. The van der Waals surface area contributed by atoms with Gasteiger partial charge in [-0.15, -0.1) is 0 Å². The van der Waals surface area contributed by atoms with E-state index in [0.717, 1.165) is 6.07 Å². The maximum absolute atomic E-state index is 15.9. The van der Waals surface area contributed by atoms with Crippen LogP contribution in [0, 0.1) is 24.4 Å². The molecular formula is C34H28Cl2F3N3O3. The van der Waals surface area contributed by atoms with E-state index < -0.39 is 45.6 Å². The fourth-order valence-electron chi connectivity index (χ4n) is 5.04. The summed E-state index contributed by atoms with van der Waals surface area (Å²) in [6.07, 6.45) is 0. The number of hydrogen-bond donors (Lipinski definition) is 2. The molecule has 1 amide bonds. The van der Waals surface area contributed by atoms with Gasteiger partial charge in [0.05, 0.1) is 34.1 Å². The van der Waals surface area contributed by atoms with Gasteiger partial charge in [-0.05, 0) is 56.7 Å². The lowest BCUT2D eigenvalue weighted by Gasteiger charge is -2.25. The number of hydrogen-bond acceptors (Lipinski definition) is 5. The Hall–Kier alpha value is -4.18. The fraction of sp³-hybridized carbons (Fsp3) is 0.206. The molecule has 5 aromatic rings. The first-order valence-electron chi connectivity index (χ1n) is 13.8. The second kappa shape index (κ2) is 12.7. The van der Waals surface area contributed by atoms with Crippen LogP contribution in [0.4, 0.5) is 13.2 Å². The molecule has 232 valence electrons. The topological polar surface area (TPSA) is 84.3 Å². The quantitative estimate of drug-likeness (QED) is 0.165. The zero-order valence-corrected chi connectivity index (χ0v) is 26.2. The lowest BCUT2D eigenvalue weighted by atomic mass is 9.89. The Labute approximate surface area is 267 Å². The molecular weight excluding hydrogens is 626 g/mol. The molecule has 5 rings (SSSR count). The van der Waals surface area contributed by atoms with Crippen LogP contribution in [0.2, 0.25) is 10.0 Å². The third kappa shape index (κ3) is 6.61. The van der Waals surface area contributed by atoms with E-state index in [1.165, 1.54) is 27.0 Å². The van der Waals surface area contributed by atoms with E-state index >= 15 is 4.39 Å². The molecule has 2 aromatic heterocycles. The molecule has 0 radical (unpaired) electrons. The lowest BCUT2D eigenvalue weighted by Crippen LogP contribution is -2.30. The molecule has 0 fully saturated rings. The molecule has 0 aliphatic carbocycles. The van der Waals surface area contributed by atoms with Gasteiger partial charge in [-0.2, -0.15) is 0 Å². The standard InChI is InChI=1S/C34H28Cl2F3N3O3/c1-17-24(35)11-19-10-20(12-29(45-4)31(19)41-17)33(43)40-16-22(18-8-6-5-7-9-18)28-14-23(34(2,3)44)30(39)32(42-28)21-13-25(36)27(38)15-26(21)37/h5-15,22,44H,16H2,1-4H3,(H,40,43). The Balaban J connectivity index is 1.59. The van der Waals surface area contributed by atoms with Crippen LogP contribution in [0.3, 0.4) is 0 Å². The first-order chi connectivity index (χ1) is 21.3. The van der Waals surface area contributed by atoms with Gasteiger partial charge in [0, 0.05) is 40.6 Å². The molecule has 1 atom stereocenters. The first kappa shape index (κ1) is 32.2. The summed E-state index contributed by atoms with van der Waals surface area (Å²) in [7, 11) is 1.47. The Morgan fingerprint density at radius 3 is 2.36 bits per heavy atom. The normalized spacial score (nSPS) is 12.3. The van der Waals surface area contributed by atoms with Crippen molar-refractivity contribution in [3.05, 3.63) is 122 Å². The Bertz CT molecular complexity index is 1930. The molecule has 2 N–H and O–H groups in total. The van der Waals surface area contributed by atoms with Crippen molar-refractivity contribution in [2.75, 3.05) is 13.7 Å². The van der Waals surface area contributed by atoms with Crippen LogP contribution in [0.15, 0.2) is 66.7 Å². The van der Waals surface area contributed by atoms with Gasteiger partial charge >= 0.3 is 0 Å². The van der Waals surface area contributed by atoms with Gasteiger partial charge in [0.25, 0.3) is 5.91 Å². The monoisotopic (exact) mass is 653 g/mol. The summed E-state index contributed by atoms with van der Waals surface area (Å²) < 4.78 is 50.3. The minimum Gasteiger partial charge on any atom is -0.494 e. The second-order valence-electron chi connectivity index (χ2n) is 11.0. The number of pyridine rings is 2. The van der Waals surface area contributed by atoms with E-state index in [1.54, 1.807) is 49.4 Å². The van der Waals surface area contributed by atoms with Crippen LogP contribution in [0.25, 0.3) is 22.2 Å². The van der Waals surface area contributed by atoms with Crippen molar-refractivity contribution in [2.45, 2.75) is 32.3 Å². The molecule has 0 bridgehead atoms. The Morgan fingerprint density at radius 2 is 1.69 bits per heavy atom. The van der Waals surface area contributed by atoms with Gasteiger partial charge < -0.3 is 15.2 Å². The van der Waals surface area contributed by atoms with E-state index in [-0.39, 0.29) is 28.9 Å². The SMILES string of the molecule is COc1cc(C(=O)NCC(c2ccccc2)c2cc(C(C)(C)O)c(F)c(-c3cc(Cl)c(F)cc3F)n2)cc2cc(Cl)c(C)nc12. The number of nitrogens with zero attached hydrogens (tertiary/aromatic N) is 2. The van der Waals surface area contributed by atoms with Crippen molar-refractivity contribution in [1.82, 2.24) is 15.3 Å². The highest BCUT2D eigenvalue weighted by Gasteiger charge is 2.29. The van der Waals surface area contributed by atoms with Crippen molar-refractivity contribution in [3.8, 4) is 17.0 Å². The number of methoxy groups -OCH3 is 1. The van der Waals surface area contributed by atoms with Crippen LogP contribution in [-0.2, 0) is 5.60 Å². The fourth-order valence-corrected chi connectivity index (χ4v) is 5.36. The maximum Gasteiger partial charge on any atom is 0.251 e. The zero-order valence-electron chi connectivity index (χ0n) is 24.7. The minimum atomic E-state index is -1.71. The number of aliphatic hydroxyl groups is 1. The molecule has 45 heavy (non-hydrogen) atoms. The predicted octanol–water partition coefficient (Wildman–Crippen LogP) is 8.13. The van der Waals surface area contributed by atoms with E-state index in [9.17, 15) is 18.7 Å². The van der Waals surface area contributed by atoms with Crippen LogP contribution in [-0.4, -0.2) is 34.6 Å². The van der Waals surface area contributed by atoms with Crippen molar-refractivity contribution < 1.29 is 27.8 Å². The predicted molar refractivity (Wildman–Crippen MR) is 168 cm³/mol. The van der Waals surface area contributed by atoms with E-state index in [0.29, 0.717) is 39.0 Å². The minimum absolute atomic E-state index is 0.0217. The number of rotatable bonds is 8. The van der Waals surface area contributed by atoms with Gasteiger partial charge in [-0.1, -0.05) is 53.5 Å². The number of ether oxygens (including phenoxy) is 1. The van der Waals surface area contributed by atoms with E-state index in [1.807, 2.05) is 6.07 Å². The van der Waals surface area contributed by atoms with Gasteiger partial charge in [0.2, 0.25) is 0 Å². The van der Waals surface area contributed by atoms with E-state index in [2.05, 4.69) is 15.3 Å². The molecule has 11 heteroatoms. The summed E-state index contributed by atoms with van der Waals surface area (Å²) in [6.45, 7) is 4.50. The number of amides is 1. The van der Waals surface area contributed by atoms with Crippen molar-refractivity contribution in [1.29, 1.82) is 0 Å². The summed E-state index contributed by atoms with van der Waals surface area (Å²) in [6, 6.07) is 16.8. The summed E-state index contributed by atoms with van der Waals surface area (Å²) >= 11 is 12.2. The average molecular weight is 655 g/mol. The molecule has 0 spiro atoms. The van der Waals surface area contributed by atoms with Gasteiger partial charge in [0.15, 0.2) is 5.82 Å². The largest absolute Gasteiger partial charge is 0.494 e. The number of nitrogens with one attached hydrogen (secondary N) is 1. The third-order valence-corrected chi connectivity index (χ3v) is 8.09. The Kier molecular flexibility index (Phi) is 9.07. The number of aromatic nitrogens is 2. The molecule has 0 saturated carbocycles. The number of halogens is 5. The summed E-state index contributed by atoms with van der Waals surface area (Å²) in [4.78, 5) is 22.5. The third-order valence-electron chi connectivity index (χ3n) is 7.42. The number of aryl methyl sites for hydroxylation is 1. The van der Waals surface area contributed by atoms with Crippen LogP contribution >= 0.6 is 23.2 Å². The number of fused-ring (bicyclic) bond motifs is 1. The molecule has 2 heterocycles. The van der Waals surface area contributed by atoms with Crippen LogP contribution in [0.5, 0.6) is 5.75 Å². The average Bonchev–Trinajstić information content (AvgIpc) is 2.99. The van der Waals surface area contributed by atoms with Crippen LogP contribution < -0.4 is 10.1 Å². The number of benzene rings is 3. The summed E-state index contributed by atoms with van der Waals surface area (Å²) in [5.41, 5.74) is -0.367. The maximum atomic E-state index is 15.9. The van der Waals surface area contributed by atoms with E-state index in [4.69, 9.17) is 27.9 Å². The second-order valence-corrected chi connectivity index (χ2v) is 11.9. The molecule has 1 unspecified atom stereocenters. The molecule has 3 aromatic carbocycles. The number of carbonyl (C=O) groups is 1. The van der Waals surface area contributed by atoms with Gasteiger partial charge in [0.1, 0.15) is 28.6 Å². The number of carbonyl (C=O) groups excluding carboxylic acids is 1. The van der Waals surface area contributed by atoms with Crippen LogP contribution in [0.1, 0.15) is 52.6 Å². The first-order valence-corrected chi connectivity index (χ1v) is 14.6. The lowest BCUT2D eigenvalue weighted by molar-refractivity contribution is 0.0743. The summed E-state index contributed by atoms with van der Waals surface area (Å²) in [5.74, 6) is -3.83. The molecule has 0 saturated heterocycles. The molecule has 6 nitrogen and oxygen atoms in total.